The van der Waals surface area contributed by atoms with Crippen LogP contribution in [0.25, 0.3) is 0 Å². The maximum absolute atomic E-state index is 5.65. The molecule has 0 amide bonds. The molecule has 0 aliphatic heterocycles. The van der Waals surface area contributed by atoms with E-state index in [1.165, 1.54) is 37.0 Å². The molecule has 0 aromatic carbocycles. The van der Waals surface area contributed by atoms with Crippen LogP contribution in [0.2, 0.25) is 0 Å². The minimum atomic E-state index is 0.369. The van der Waals surface area contributed by atoms with Crippen molar-refractivity contribution < 1.29 is 0 Å². The van der Waals surface area contributed by atoms with Crippen LogP contribution in [0.1, 0.15) is 43.9 Å². The summed E-state index contributed by atoms with van der Waals surface area (Å²) in [5, 5.41) is 0.710. The van der Waals surface area contributed by atoms with Crippen molar-refractivity contribution in [1.29, 1.82) is 0 Å². The third-order valence-corrected chi connectivity index (χ3v) is 4.21. The lowest BCUT2D eigenvalue weighted by atomic mass is 9.75. The number of rotatable bonds is 1. The van der Waals surface area contributed by atoms with E-state index < -0.39 is 0 Å². The second kappa shape index (κ2) is 3.29. The Balaban J connectivity index is 2.22. The van der Waals surface area contributed by atoms with Crippen molar-refractivity contribution in [3.05, 3.63) is 11.1 Å². The highest BCUT2D eigenvalue weighted by molar-refractivity contribution is 7.15. The third-order valence-electron chi connectivity index (χ3n) is 3.08. The zero-order valence-electron chi connectivity index (χ0n) is 8.05. The summed E-state index contributed by atoms with van der Waals surface area (Å²) in [6.45, 7) is 2.35. The average Bonchev–Trinajstić information content (AvgIpc) is 2.54. The van der Waals surface area contributed by atoms with E-state index in [2.05, 4.69) is 11.9 Å². The van der Waals surface area contributed by atoms with E-state index in [-0.39, 0.29) is 0 Å². The Morgan fingerprint density at radius 3 is 2.62 bits per heavy atom. The molecule has 0 unspecified atom stereocenters. The number of hydrogen-bond acceptors (Lipinski definition) is 3. The highest BCUT2D eigenvalue weighted by atomic mass is 32.1. The Morgan fingerprint density at radius 2 is 2.08 bits per heavy atom. The molecule has 1 heterocycles. The van der Waals surface area contributed by atoms with Gasteiger partial charge in [0.05, 0.1) is 0 Å². The van der Waals surface area contributed by atoms with Crippen molar-refractivity contribution in [3.63, 3.8) is 0 Å². The number of hydrogen-bond donors (Lipinski definition) is 1. The summed E-state index contributed by atoms with van der Waals surface area (Å²) in [5.74, 6) is 0. The van der Waals surface area contributed by atoms with Gasteiger partial charge in [0.1, 0.15) is 0 Å². The summed E-state index contributed by atoms with van der Waals surface area (Å²) < 4.78 is 0. The fourth-order valence-corrected chi connectivity index (χ4v) is 3.03. The molecule has 1 fully saturated rings. The van der Waals surface area contributed by atoms with E-state index >= 15 is 0 Å². The van der Waals surface area contributed by atoms with E-state index in [1.807, 2.05) is 6.20 Å². The second-order valence-electron chi connectivity index (χ2n) is 4.18. The summed E-state index contributed by atoms with van der Waals surface area (Å²) >= 11 is 1.66. The van der Waals surface area contributed by atoms with Crippen molar-refractivity contribution in [2.75, 3.05) is 5.73 Å². The quantitative estimate of drug-likeness (QED) is 0.750. The fraction of sp³-hybridized carbons (Fsp3) is 0.700. The predicted molar refractivity (Wildman–Crippen MR) is 57.0 cm³/mol. The van der Waals surface area contributed by atoms with Crippen LogP contribution in [0.3, 0.4) is 0 Å². The maximum atomic E-state index is 5.65. The van der Waals surface area contributed by atoms with Crippen LogP contribution in [-0.2, 0) is 5.41 Å². The Labute approximate surface area is 83.2 Å². The van der Waals surface area contributed by atoms with Gasteiger partial charge in [-0.2, -0.15) is 0 Å². The monoisotopic (exact) mass is 196 g/mol. The summed E-state index contributed by atoms with van der Waals surface area (Å²) in [6.07, 6.45) is 8.67. The van der Waals surface area contributed by atoms with Gasteiger partial charge in [-0.05, 0) is 12.8 Å². The van der Waals surface area contributed by atoms with Gasteiger partial charge in [-0.3, -0.25) is 0 Å². The number of thiazole rings is 1. The van der Waals surface area contributed by atoms with Crippen LogP contribution in [0, 0.1) is 0 Å². The lowest BCUT2D eigenvalue weighted by Gasteiger charge is -2.32. The van der Waals surface area contributed by atoms with Crippen LogP contribution in [0.4, 0.5) is 5.13 Å². The minimum absolute atomic E-state index is 0.369. The first-order valence-electron chi connectivity index (χ1n) is 4.92. The molecule has 1 aromatic heterocycles. The Hall–Kier alpha value is -0.570. The largest absolute Gasteiger partial charge is 0.375 e. The molecule has 1 saturated carbocycles. The third kappa shape index (κ3) is 1.70. The molecule has 2 rings (SSSR count). The molecule has 1 aliphatic carbocycles. The fourth-order valence-electron chi connectivity index (χ4n) is 2.15. The highest BCUT2D eigenvalue weighted by Crippen LogP contribution is 2.41. The van der Waals surface area contributed by atoms with Crippen LogP contribution in [-0.4, -0.2) is 4.98 Å². The van der Waals surface area contributed by atoms with E-state index in [4.69, 9.17) is 5.73 Å². The van der Waals surface area contributed by atoms with Gasteiger partial charge < -0.3 is 5.73 Å². The van der Waals surface area contributed by atoms with Gasteiger partial charge in [0.2, 0.25) is 0 Å². The molecule has 0 bridgehead atoms. The number of nitrogen functional groups attached to an aromatic ring is 1. The molecular formula is C10H16N2S. The van der Waals surface area contributed by atoms with Gasteiger partial charge in [-0.25, -0.2) is 4.98 Å². The summed E-state index contributed by atoms with van der Waals surface area (Å²) in [4.78, 5) is 5.51. The maximum Gasteiger partial charge on any atom is 0.180 e. The lowest BCUT2D eigenvalue weighted by Crippen LogP contribution is -2.23. The van der Waals surface area contributed by atoms with E-state index in [0.717, 1.165) is 0 Å². The number of aromatic nitrogens is 1. The lowest BCUT2D eigenvalue weighted by molar-refractivity contribution is 0.324. The molecule has 13 heavy (non-hydrogen) atoms. The van der Waals surface area contributed by atoms with Crippen LogP contribution in [0.5, 0.6) is 0 Å². The molecule has 2 nitrogen and oxygen atoms in total. The Morgan fingerprint density at radius 1 is 1.38 bits per heavy atom. The van der Waals surface area contributed by atoms with Crippen molar-refractivity contribution in [3.8, 4) is 0 Å². The SMILES string of the molecule is CC1(c2cnc(N)s2)CCCCC1. The average molecular weight is 196 g/mol. The molecule has 0 atom stereocenters. The molecule has 1 aromatic rings. The summed E-state index contributed by atoms with van der Waals surface area (Å²) in [7, 11) is 0. The van der Waals surface area contributed by atoms with Gasteiger partial charge in [0, 0.05) is 16.5 Å². The predicted octanol–water partition coefficient (Wildman–Crippen LogP) is 2.95. The zero-order chi connectivity index (χ0) is 9.31. The molecule has 72 valence electrons. The van der Waals surface area contributed by atoms with Crippen molar-refractivity contribution >= 4 is 16.5 Å². The molecular weight excluding hydrogens is 180 g/mol. The van der Waals surface area contributed by atoms with Gasteiger partial charge in [0.25, 0.3) is 0 Å². The number of nitrogens with two attached hydrogens (primary N) is 1. The second-order valence-corrected chi connectivity index (χ2v) is 5.25. The minimum Gasteiger partial charge on any atom is -0.375 e. The van der Waals surface area contributed by atoms with Crippen LogP contribution in [0.15, 0.2) is 6.20 Å². The van der Waals surface area contributed by atoms with Gasteiger partial charge in [0.15, 0.2) is 5.13 Å². The summed E-state index contributed by atoms with van der Waals surface area (Å²) in [5.41, 5.74) is 6.02. The Kier molecular flexibility index (Phi) is 2.28. The van der Waals surface area contributed by atoms with E-state index in [0.29, 0.717) is 10.5 Å². The topological polar surface area (TPSA) is 38.9 Å². The summed E-state index contributed by atoms with van der Waals surface area (Å²) in [6, 6.07) is 0. The highest BCUT2D eigenvalue weighted by Gasteiger charge is 2.30. The zero-order valence-corrected chi connectivity index (χ0v) is 8.86. The molecule has 0 spiro atoms. The van der Waals surface area contributed by atoms with Crippen molar-refractivity contribution in [2.24, 2.45) is 0 Å². The molecule has 0 radical (unpaired) electrons. The van der Waals surface area contributed by atoms with E-state index in [9.17, 15) is 0 Å². The standard InChI is InChI=1S/C10H16N2S/c1-10(5-3-2-4-6-10)8-7-12-9(11)13-8/h7H,2-6H2,1H3,(H2,11,12). The van der Waals surface area contributed by atoms with Gasteiger partial charge in [-0.15, -0.1) is 11.3 Å². The first-order valence-corrected chi connectivity index (χ1v) is 5.74. The number of nitrogens with zero attached hydrogens (tertiary/aromatic N) is 1. The molecule has 2 N–H and O–H groups in total. The molecule has 1 aliphatic rings. The smallest absolute Gasteiger partial charge is 0.180 e. The van der Waals surface area contributed by atoms with E-state index in [1.54, 1.807) is 11.3 Å². The van der Waals surface area contributed by atoms with Crippen molar-refractivity contribution in [2.45, 2.75) is 44.4 Å². The normalized spacial score (nSPS) is 21.6. The van der Waals surface area contributed by atoms with Gasteiger partial charge >= 0.3 is 0 Å². The number of anilines is 1. The Bertz CT molecular complexity index is 287. The van der Waals surface area contributed by atoms with Crippen LogP contribution >= 0.6 is 11.3 Å². The van der Waals surface area contributed by atoms with Gasteiger partial charge in [-0.1, -0.05) is 26.2 Å². The van der Waals surface area contributed by atoms with Crippen LogP contribution < -0.4 is 5.73 Å². The van der Waals surface area contributed by atoms with Crippen molar-refractivity contribution in [1.82, 2.24) is 4.98 Å². The first-order chi connectivity index (χ1) is 6.21. The molecule has 3 heteroatoms. The molecule has 0 saturated heterocycles. The first kappa shape index (κ1) is 9.00.